The van der Waals surface area contributed by atoms with E-state index in [-0.39, 0.29) is 23.9 Å². The van der Waals surface area contributed by atoms with Gasteiger partial charge in [-0.2, -0.15) is 0 Å². The summed E-state index contributed by atoms with van der Waals surface area (Å²) in [6.45, 7) is 0.462. The minimum absolute atomic E-state index is 0.162. The lowest BCUT2D eigenvalue weighted by atomic mass is 9.97. The zero-order valence-electron chi connectivity index (χ0n) is 26.7. The number of rotatable bonds is 14. The molecule has 2 N–H and O–H groups in total. The van der Waals surface area contributed by atoms with Gasteiger partial charge in [-0.05, 0) is 76.9 Å². The molecule has 1 aromatic heterocycles. The van der Waals surface area contributed by atoms with Gasteiger partial charge in [-0.15, -0.1) is 0 Å². The monoisotopic (exact) mass is 834 g/mol. The first kappa shape index (κ1) is 35.9. The molecule has 7 nitrogen and oxygen atoms in total. The second-order valence-corrected chi connectivity index (χ2v) is 15.7. The van der Waals surface area contributed by atoms with Gasteiger partial charge in [-0.25, -0.2) is 17.9 Å². The van der Waals surface area contributed by atoms with Gasteiger partial charge in [0.25, 0.3) is 0 Å². The maximum absolute atomic E-state index is 13.4. The van der Waals surface area contributed by atoms with Gasteiger partial charge in [-0.3, -0.25) is 0 Å². The predicted octanol–water partition coefficient (Wildman–Crippen LogP) is 9.44. The smallest absolute Gasteiger partial charge is 0.335 e. The van der Waals surface area contributed by atoms with Crippen LogP contribution in [0.1, 0.15) is 44.3 Å². The van der Waals surface area contributed by atoms with Crippen LogP contribution >= 0.6 is 43.5 Å². The highest BCUT2D eigenvalue weighted by atomic mass is 79.9. The van der Waals surface area contributed by atoms with E-state index in [0.29, 0.717) is 44.7 Å². The third kappa shape index (κ3) is 8.33. The molecule has 6 rings (SSSR count). The standard InChI is InChI=1S/C39H33Br2ClN2O5S/c40-34-12-7-13-35(41)33(34)25-50(47,48)43-22-20-37-31(21-23-49-30-17-14-28(15-18-30)39(45)46)32-24-29(42)16-19-36(32)44(37)38(26-8-3-1-4-9-26)27-10-5-2-6-11-27/h1-19,24,38,43H,20-23,25H2,(H,45,46). The zero-order chi connectivity index (χ0) is 35.3. The van der Waals surface area contributed by atoms with Crippen molar-refractivity contribution in [3.8, 4) is 5.75 Å². The van der Waals surface area contributed by atoms with Crippen molar-refractivity contribution in [2.24, 2.45) is 0 Å². The van der Waals surface area contributed by atoms with Crippen molar-refractivity contribution < 1.29 is 23.1 Å². The van der Waals surface area contributed by atoms with Gasteiger partial charge in [0.1, 0.15) is 5.75 Å². The van der Waals surface area contributed by atoms with Crippen molar-refractivity contribution in [3.63, 3.8) is 0 Å². The molecule has 0 aliphatic heterocycles. The molecule has 1 heterocycles. The van der Waals surface area contributed by atoms with E-state index in [0.717, 1.165) is 33.3 Å². The number of ether oxygens (including phenoxy) is 1. The number of sulfonamides is 1. The van der Waals surface area contributed by atoms with Crippen LogP contribution in [0.5, 0.6) is 5.75 Å². The van der Waals surface area contributed by atoms with Crippen molar-refractivity contribution in [2.75, 3.05) is 13.2 Å². The quantitative estimate of drug-likeness (QED) is 0.114. The van der Waals surface area contributed by atoms with Crippen LogP contribution in [-0.4, -0.2) is 37.2 Å². The Kier molecular flexibility index (Phi) is 11.4. The second kappa shape index (κ2) is 16.0. The maximum atomic E-state index is 13.4. The molecule has 0 fully saturated rings. The summed E-state index contributed by atoms with van der Waals surface area (Å²) in [6, 6.07) is 37.9. The average Bonchev–Trinajstić information content (AvgIpc) is 3.39. The molecule has 5 aromatic carbocycles. The third-order valence-electron chi connectivity index (χ3n) is 8.47. The Bertz CT molecular complexity index is 2170. The van der Waals surface area contributed by atoms with Crippen molar-refractivity contribution in [1.29, 1.82) is 0 Å². The summed E-state index contributed by atoms with van der Waals surface area (Å²) in [4.78, 5) is 11.3. The van der Waals surface area contributed by atoms with Crippen LogP contribution in [-0.2, 0) is 28.6 Å². The van der Waals surface area contributed by atoms with Crippen molar-refractivity contribution in [1.82, 2.24) is 9.29 Å². The number of nitrogens with zero attached hydrogens (tertiary/aromatic N) is 1. The van der Waals surface area contributed by atoms with E-state index in [1.54, 1.807) is 12.1 Å². The molecule has 0 bridgehead atoms. The van der Waals surface area contributed by atoms with E-state index in [1.165, 1.54) is 12.1 Å². The minimum Gasteiger partial charge on any atom is -0.493 e. The number of carboxylic acids is 1. The fourth-order valence-electron chi connectivity index (χ4n) is 6.21. The molecule has 0 spiro atoms. The van der Waals surface area contributed by atoms with Crippen LogP contribution < -0.4 is 9.46 Å². The number of carbonyl (C=O) groups is 1. The average molecular weight is 837 g/mol. The molecule has 0 aliphatic carbocycles. The van der Waals surface area contributed by atoms with E-state index in [2.05, 4.69) is 65.4 Å². The lowest BCUT2D eigenvalue weighted by Crippen LogP contribution is -2.28. The SMILES string of the molecule is O=C(O)c1ccc(OCCc2c(CCNS(=O)(=O)Cc3c(Br)cccc3Br)n(C(c3ccccc3)c3ccccc3)c3ccc(Cl)cc23)cc1. The number of benzene rings is 5. The molecule has 0 saturated heterocycles. The number of aromatic carboxylic acids is 1. The zero-order valence-corrected chi connectivity index (χ0v) is 31.5. The number of aromatic nitrogens is 1. The van der Waals surface area contributed by atoms with E-state index in [4.69, 9.17) is 16.3 Å². The molecular weight excluding hydrogens is 804 g/mol. The summed E-state index contributed by atoms with van der Waals surface area (Å²) in [7, 11) is -3.71. The lowest BCUT2D eigenvalue weighted by Gasteiger charge is -2.25. The molecule has 0 aliphatic rings. The molecule has 0 amide bonds. The summed E-state index contributed by atoms with van der Waals surface area (Å²) in [6.07, 6.45) is 0.883. The first-order chi connectivity index (χ1) is 24.1. The Morgan fingerprint density at radius 1 is 0.800 bits per heavy atom. The van der Waals surface area contributed by atoms with E-state index in [1.807, 2.05) is 72.8 Å². The fourth-order valence-corrected chi connectivity index (χ4v) is 9.24. The first-order valence-corrected chi connectivity index (χ1v) is 19.5. The Morgan fingerprint density at radius 2 is 1.42 bits per heavy atom. The summed E-state index contributed by atoms with van der Waals surface area (Å²) >= 11 is 13.6. The maximum Gasteiger partial charge on any atom is 0.335 e. The first-order valence-electron chi connectivity index (χ1n) is 15.9. The number of halogens is 3. The molecular formula is C39H33Br2ClN2O5S. The number of hydrogen-bond acceptors (Lipinski definition) is 4. The summed E-state index contributed by atoms with van der Waals surface area (Å²) in [5.41, 5.74) is 5.89. The van der Waals surface area contributed by atoms with Crippen LogP contribution in [0.4, 0.5) is 0 Å². The highest BCUT2D eigenvalue weighted by Crippen LogP contribution is 2.38. The predicted molar refractivity (Wildman–Crippen MR) is 206 cm³/mol. The van der Waals surface area contributed by atoms with E-state index in [9.17, 15) is 18.3 Å². The Hall–Kier alpha value is -3.93. The van der Waals surface area contributed by atoms with Crippen LogP contribution in [0, 0.1) is 0 Å². The number of fused-ring (bicyclic) bond motifs is 1. The van der Waals surface area contributed by atoms with Crippen molar-refractivity contribution in [2.45, 2.75) is 24.6 Å². The summed E-state index contributed by atoms with van der Waals surface area (Å²) in [5.74, 6) is -0.640. The van der Waals surface area contributed by atoms with Gasteiger partial charge in [0, 0.05) is 50.0 Å². The van der Waals surface area contributed by atoms with Gasteiger partial charge in [0.15, 0.2) is 0 Å². The number of nitrogens with one attached hydrogen (secondary N) is 1. The summed E-state index contributed by atoms with van der Waals surface area (Å²) in [5, 5.41) is 10.8. The Labute approximate surface area is 313 Å². The highest BCUT2D eigenvalue weighted by molar-refractivity contribution is 9.11. The van der Waals surface area contributed by atoms with Gasteiger partial charge < -0.3 is 14.4 Å². The van der Waals surface area contributed by atoms with E-state index >= 15 is 0 Å². The lowest BCUT2D eigenvalue weighted by molar-refractivity contribution is 0.0697. The Balaban J connectivity index is 1.41. The molecule has 0 atom stereocenters. The highest BCUT2D eigenvalue weighted by Gasteiger charge is 2.26. The van der Waals surface area contributed by atoms with Crippen LogP contribution in [0.25, 0.3) is 10.9 Å². The molecule has 0 saturated carbocycles. The molecule has 0 radical (unpaired) electrons. The molecule has 256 valence electrons. The molecule has 6 aromatic rings. The van der Waals surface area contributed by atoms with Gasteiger partial charge in [0.2, 0.25) is 10.0 Å². The van der Waals surface area contributed by atoms with Gasteiger partial charge in [-0.1, -0.05) is 110 Å². The minimum atomic E-state index is -3.71. The van der Waals surface area contributed by atoms with Crippen LogP contribution in [0.2, 0.25) is 5.02 Å². The van der Waals surface area contributed by atoms with Crippen LogP contribution in [0.15, 0.2) is 130 Å². The van der Waals surface area contributed by atoms with Gasteiger partial charge in [0.05, 0.1) is 24.0 Å². The molecule has 11 heteroatoms. The number of carboxylic acid groups (broad SMARTS) is 1. The largest absolute Gasteiger partial charge is 0.493 e. The van der Waals surface area contributed by atoms with Gasteiger partial charge >= 0.3 is 5.97 Å². The summed E-state index contributed by atoms with van der Waals surface area (Å²) < 4.78 is 39.5. The molecule has 50 heavy (non-hydrogen) atoms. The third-order valence-corrected chi connectivity index (χ3v) is 11.5. The van der Waals surface area contributed by atoms with Crippen molar-refractivity contribution >= 4 is 70.4 Å². The molecule has 0 unspecified atom stereocenters. The van der Waals surface area contributed by atoms with Crippen molar-refractivity contribution in [3.05, 3.63) is 169 Å². The fraction of sp³-hybridized carbons (Fsp3) is 0.154. The van der Waals surface area contributed by atoms with Crippen LogP contribution in [0.3, 0.4) is 0 Å². The Morgan fingerprint density at radius 3 is 2.02 bits per heavy atom. The number of hydrogen-bond donors (Lipinski definition) is 2. The van der Waals surface area contributed by atoms with E-state index < -0.39 is 16.0 Å². The topological polar surface area (TPSA) is 97.6 Å². The second-order valence-electron chi connectivity index (χ2n) is 11.7. The normalized spacial score (nSPS) is 11.7.